The van der Waals surface area contributed by atoms with Crippen LogP contribution in [0.2, 0.25) is 0 Å². The fourth-order valence-electron chi connectivity index (χ4n) is 1.36. The molecule has 0 spiro atoms. The van der Waals surface area contributed by atoms with Crippen molar-refractivity contribution in [3.05, 3.63) is 48.0 Å². The molecule has 0 aliphatic carbocycles. The van der Waals surface area contributed by atoms with Crippen LogP contribution in [-0.4, -0.2) is 38.6 Å². The molecule has 0 atom stereocenters. The average Bonchev–Trinajstić information content (AvgIpc) is 2.51. The van der Waals surface area contributed by atoms with Crippen LogP contribution in [-0.2, 0) is 0 Å². The van der Waals surface area contributed by atoms with Crippen molar-refractivity contribution in [2.75, 3.05) is 0 Å². The van der Waals surface area contributed by atoms with Gasteiger partial charge in [0.2, 0.25) is 0 Å². The molecule has 0 aromatic carbocycles. The predicted octanol–water partition coefficient (Wildman–Crippen LogP) is 0.555. The first-order valence-electron chi connectivity index (χ1n) is 6.05. The van der Waals surface area contributed by atoms with Crippen molar-refractivity contribution in [2.45, 2.75) is 0 Å². The van der Waals surface area contributed by atoms with Crippen molar-refractivity contribution in [1.82, 2.24) is 20.8 Å². The third kappa shape index (κ3) is 4.27. The van der Waals surface area contributed by atoms with Gasteiger partial charge in [-0.1, -0.05) is 0 Å². The molecule has 0 saturated carbocycles. The van der Waals surface area contributed by atoms with Crippen LogP contribution in [0.3, 0.4) is 0 Å². The Morgan fingerprint density at radius 1 is 0.955 bits per heavy atom. The molecule has 9 heteroatoms. The minimum Gasteiger partial charge on any atom is -0.506 e. The fraction of sp³-hybridized carbons (Fsp3) is 0. The van der Waals surface area contributed by atoms with Gasteiger partial charge >= 0.3 is 6.03 Å². The summed E-state index contributed by atoms with van der Waals surface area (Å²) >= 11 is 0. The Balaban J connectivity index is 1.84. The number of hydrogen-bond acceptors (Lipinski definition) is 7. The van der Waals surface area contributed by atoms with E-state index in [0.717, 1.165) is 0 Å². The summed E-state index contributed by atoms with van der Waals surface area (Å²) in [6, 6.07) is 2.38. The van der Waals surface area contributed by atoms with Crippen molar-refractivity contribution in [1.29, 1.82) is 0 Å². The quantitative estimate of drug-likeness (QED) is 0.483. The van der Waals surface area contributed by atoms with Crippen molar-refractivity contribution in [2.24, 2.45) is 10.2 Å². The Morgan fingerprint density at radius 3 is 1.82 bits per heavy atom. The summed E-state index contributed by atoms with van der Waals surface area (Å²) in [5, 5.41) is 26.1. The average molecular weight is 300 g/mol. The Hall–Kier alpha value is -3.49. The number of carbonyl (C=O) groups excluding carboxylic acids is 1. The van der Waals surface area contributed by atoms with Crippen LogP contribution in [0.25, 0.3) is 0 Å². The van der Waals surface area contributed by atoms with Crippen LogP contribution in [0.5, 0.6) is 11.5 Å². The minimum absolute atomic E-state index is 0.0559. The lowest BCUT2D eigenvalue weighted by atomic mass is 10.3. The second kappa shape index (κ2) is 7.33. The molecule has 0 saturated heterocycles. The number of urea groups is 1. The number of aromatic nitrogens is 2. The van der Waals surface area contributed by atoms with Gasteiger partial charge in [-0.15, -0.1) is 0 Å². The van der Waals surface area contributed by atoms with Crippen molar-refractivity contribution >= 4 is 18.5 Å². The predicted molar refractivity (Wildman–Crippen MR) is 78.7 cm³/mol. The van der Waals surface area contributed by atoms with Crippen molar-refractivity contribution in [3.8, 4) is 11.5 Å². The standard InChI is InChI=1S/C13H12N6O3/c20-11-7-14-3-1-9(11)5-16-18-13(22)19-17-6-10-2-4-15-8-12(10)21/h1-8,20-21H,(H2,18,19,22)/b16-5+,17-6+. The van der Waals surface area contributed by atoms with Gasteiger partial charge in [0.15, 0.2) is 0 Å². The third-order valence-corrected chi connectivity index (χ3v) is 2.40. The Labute approximate surface area is 125 Å². The first-order valence-corrected chi connectivity index (χ1v) is 6.05. The monoisotopic (exact) mass is 300 g/mol. The van der Waals surface area contributed by atoms with Crippen LogP contribution in [0.4, 0.5) is 4.79 Å². The molecular weight excluding hydrogens is 288 g/mol. The maximum atomic E-state index is 11.4. The van der Waals surface area contributed by atoms with Gasteiger partial charge in [-0.3, -0.25) is 9.97 Å². The molecule has 2 aromatic rings. The third-order valence-electron chi connectivity index (χ3n) is 2.40. The van der Waals surface area contributed by atoms with E-state index in [9.17, 15) is 15.0 Å². The molecule has 112 valence electrons. The molecule has 2 heterocycles. The Morgan fingerprint density at radius 2 is 1.41 bits per heavy atom. The normalized spacial score (nSPS) is 10.9. The van der Waals surface area contributed by atoms with Gasteiger partial charge in [-0.2, -0.15) is 10.2 Å². The number of rotatable bonds is 4. The molecule has 0 unspecified atom stereocenters. The summed E-state index contributed by atoms with van der Waals surface area (Å²) in [6.07, 6.45) is 7.99. The number of carbonyl (C=O) groups is 1. The summed E-state index contributed by atoms with van der Waals surface area (Å²) in [6.45, 7) is 0. The number of hydrazone groups is 2. The van der Waals surface area contributed by atoms with E-state index in [1.807, 2.05) is 0 Å². The topological polar surface area (TPSA) is 132 Å². The number of amides is 2. The molecule has 0 aliphatic heterocycles. The van der Waals surface area contributed by atoms with Crippen molar-refractivity contribution in [3.63, 3.8) is 0 Å². The van der Waals surface area contributed by atoms with Crippen LogP contribution in [0.15, 0.2) is 47.1 Å². The van der Waals surface area contributed by atoms with E-state index >= 15 is 0 Å². The fourth-order valence-corrected chi connectivity index (χ4v) is 1.36. The Kier molecular flexibility index (Phi) is 4.97. The van der Waals surface area contributed by atoms with E-state index in [0.29, 0.717) is 11.1 Å². The molecule has 0 radical (unpaired) electrons. The lowest BCUT2D eigenvalue weighted by Gasteiger charge is -1.99. The maximum Gasteiger partial charge on any atom is 0.355 e. The van der Waals surface area contributed by atoms with E-state index in [-0.39, 0.29) is 11.5 Å². The first-order chi connectivity index (χ1) is 10.7. The highest BCUT2D eigenvalue weighted by Crippen LogP contribution is 2.11. The zero-order valence-electron chi connectivity index (χ0n) is 11.2. The smallest absolute Gasteiger partial charge is 0.355 e. The van der Waals surface area contributed by atoms with E-state index in [2.05, 4.69) is 31.0 Å². The number of pyridine rings is 2. The summed E-state index contributed by atoms with van der Waals surface area (Å²) < 4.78 is 0. The minimum atomic E-state index is -0.686. The Bertz CT molecular complexity index is 657. The number of nitrogens with zero attached hydrogens (tertiary/aromatic N) is 4. The lowest BCUT2D eigenvalue weighted by Crippen LogP contribution is -2.28. The summed E-state index contributed by atoms with van der Waals surface area (Å²) in [7, 11) is 0. The van der Waals surface area contributed by atoms with Crippen LogP contribution in [0, 0.1) is 0 Å². The molecule has 0 bridgehead atoms. The molecule has 2 aromatic heterocycles. The second-order valence-electron chi connectivity index (χ2n) is 3.94. The highest BCUT2D eigenvalue weighted by atomic mass is 16.3. The zero-order valence-corrected chi connectivity index (χ0v) is 11.2. The molecule has 0 aliphatic rings. The summed E-state index contributed by atoms with van der Waals surface area (Å²) in [5.41, 5.74) is 5.12. The SMILES string of the molecule is O=C(N/N=C/c1ccncc1O)N/N=C/c1ccncc1O. The van der Waals surface area contributed by atoms with E-state index in [1.165, 1.54) is 49.3 Å². The largest absolute Gasteiger partial charge is 0.506 e. The molecule has 0 fully saturated rings. The molecule has 9 nitrogen and oxygen atoms in total. The highest BCUT2D eigenvalue weighted by Gasteiger charge is 1.99. The van der Waals surface area contributed by atoms with Gasteiger partial charge in [-0.25, -0.2) is 15.6 Å². The lowest BCUT2D eigenvalue weighted by molar-refractivity contribution is 0.242. The summed E-state index contributed by atoms with van der Waals surface area (Å²) in [5.74, 6) is -0.112. The van der Waals surface area contributed by atoms with Crippen LogP contribution < -0.4 is 10.9 Å². The number of aromatic hydroxyl groups is 2. The zero-order chi connectivity index (χ0) is 15.8. The molecule has 22 heavy (non-hydrogen) atoms. The van der Waals surface area contributed by atoms with Crippen LogP contribution >= 0.6 is 0 Å². The highest BCUT2D eigenvalue weighted by molar-refractivity contribution is 5.86. The van der Waals surface area contributed by atoms with E-state index in [4.69, 9.17) is 0 Å². The molecular formula is C13H12N6O3. The number of hydrogen-bond donors (Lipinski definition) is 4. The molecule has 2 rings (SSSR count). The van der Waals surface area contributed by atoms with E-state index < -0.39 is 6.03 Å². The van der Waals surface area contributed by atoms with Gasteiger partial charge in [0, 0.05) is 23.5 Å². The number of nitrogens with one attached hydrogen (secondary N) is 2. The van der Waals surface area contributed by atoms with Gasteiger partial charge in [-0.05, 0) is 12.1 Å². The molecule has 2 amide bonds. The van der Waals surface area contributed by atoms with Crippen molar-refractivity contribution < 1.29 is 15.0 Å². The summed E-state index contributed by atoms with van der Waals surface area (Å²) in [4.78, 5) is 18.8. The first kappa shape index (κ1) is 14.9. The van der Waals surface area contributed by atoms with E-state index in [1.54, 1.807) is 0 Å². The van der Waals surface area contributed by atoms with Gasteiger partial charge in [0.05, 0.1) is 24.8 Å². The maximum absolute atomic E-state index is 11.4. The van der Waals surface area contributed by atoms with Crippen LogP contribution in [0.1, 0.15) is 11.1 Å². The second-order valence-corrected chi connectivity index (χ2v) is 3.94. The van der Waals surface area contributed by atoms with Gasteiger partial charge in [0.1, 0.15) is 11.5 Å². The van der Waals surface area contributed by atoms with Gasteiger partial charge in [0.25, 0.3) is 0 Å². The van der Waals surface area contributed by atoms with Gasteiger partial charge < -0.3 is 10.2 Å². The molecule has 4 N–H and O–H groups in total.